The molecular weight excluding hydrogens is 291 g/mol. The first-order valence-corrected chi connectivity index (χ1v) is 8.67. The van der Waals surface area contributed by atoms with Crippen molar-refractivity contribution in [3.8, 4) is 0 Å². The van der Waals surface area contributed by atoms with E-state index in [1.54, 1.807) is 29.4 Å². The van der Waals surface area contributed by atoms with Crippen molar-refractivity contribution in [2.75, 3.05) is 18.8 Å². The summed E-state index contributed by atoms with van der Waals surface area (Å²) in [6.07, 6.45) is 1.77. The number of nitrogens with zero attached hydrogens (tertiary/aromatic N) is 3. The molecule has 0 saturated heterocycles. The number of nitrogens with two attached hydrogens (primary N) is 1. The minimum Gasteiger partial charge on any atom is -0.369 e. The summed E-state index contributed by atoms with van der Waals surface area (Å²) in [6, 6.07) is 6.43. The molecule has 0 spiro atoms. The fourth-order valence-corrected chi connectivity index (χ4v) is 5.41. The SMILES string of the molecule is CC1(c2ccccc2F)CS2(=O)=NCCCCN2C(N)=N1. The van der Waals surface area contributed by atoms with Crippen molar-refractivity contribution >= 4 is 15.9 Å². The van der Waals surface area contributed by atoms with Gasteiger partial charge in [-0.05, 0) is 25.8 Å². The van der Waals surface area contributed by atoms with Crippen LogP contribution in [0.15, 0.2) is 33.6 Å². The van der Waals surface area contributed by atoms with Gasteiger partial charge in [0, 0.05) is 12.1 Å². The molecule has 0 saturated carbocycles. The van der Waals surface area contributed by atoms with Crippen LogP contribution in [0.4, 0.5) is 4.39 Å². The quantitative estimate of drug-likeness (QED) is 0.860. The second-order valence-electron chi connectivity index (χ2n) is 5.64. The van der Waals surface area contributed by atoms with Gasteiger partial charge >= 0.3 is 0 Å². The minimum atomic E-state index is -2.65. The molecule has 2 heterocycles. The third kappa shape index (κ3) is 2.39. The van der Waals surface area contributed by atoms with Gasteiger partial charge in [-0.25, -0.2) is 18.0 Å². The molecule has 1 aromatic rings. The summed E-state index contributed by atoms with van der Waals surface area (Å²) in [4.78, 5) is 4.46. The van der Waals surface area contributed by atoms with E-state index in [0.29, 0.717) is 18.7 Å². The van der Waals surface area contributed by atoms with Gasteiger partial charge in [0.2, 0.25) is 5.96 Å². The highest BCUT2D eigenvalue weighted by Crippen LogP contribution is 2.35. The van der Waals surface area contributed by atoms with Crippen LogP contribution in [0.25, 0.3) is 0 Å². The number of halogens is 1. The Morgan fingerprint density at radius 2 is 2.14 bits per heavy atom. The van der Waals surface area contributed by atoms with Gasteiger partial charge in [-0.2, -0.15) is 0 Å². The Balaban J connectivity index is 2.14. The molecule has 0 amide bonds. The van der Waals surface area contributed by atoms with Crippen LogP contribution in [0, 0.1) is 5.82 Å². The topological polar surface area (TPSA) is 71.0 Å². The fourth-order valence-electron chi connectivity index (χ4n) is 2.91. The van der Waals surface area contributed by atoms with Crippen molar-refractivity contribution in [3.63, 3.8) is 0 Å². The van der Waals surface area contributed by atoms with Gasteiger partial charge < -0.3 is 5.73 Å². The lowest BCUT2D eigenvalue weighted by atomic mass is 9.94. The van der Waals surface area contributed by atoms with Gasteiger partial charge in [0.15, 0.2) is 0 Å². The number of aliphatic imine (C=N–C) groups is 1. The van der Waals surface area contributed by atoms with Crippen LogP contribution in [-0.2, 0) is 15.5 Å². The van der Waals surface area contributed by atoms with Crippen LogP contribution in [0.3, 0.4) is 0 Å². The molecule has 3 rings (SSSR count). The summed E-state index contributed by atoms with van der Waals surface area (Å²) in [5, 5.41) is 0. The van der Waals surface area contributed by atoms with E-state index in [0.717, 1.165) is 12.8 Å². The number of rotatable bonds is 1. The lowest BCUT2D eigenvalue weighted by molar-refractivity contribution is 0.464. The van der Waals surface area contributed by atoms with Gasteiger partial charge in [0.1, 0.15) is 21.3 Å². The molecule has 5 nitrogen and oxygen atoms in total. The predicted molar refractivity (Wildman–Crippen MR) is 81.6 cm³/mol. The highest BCUT2D eigenvalue weighted by molar-refractivity contribution is 7.92. The molecule has 0 aromatic heterocycles. The van der Waals surface area contributed by atoms with Crippen LogP contribution in [0.1, 0.15) is 25.3 Å². The molecule has 2 unspecified atom stereocenters. The molecule has 2 aliphatic rings. The van der Waals surface area contributed by atoms with Crippen LogP contribution in [0.2, 0.25) is 0 Å². The van der Waals surface area contributed by atoms with E-state index in [2.05, 4.69) is 9.36 Å². The third-order valence-electron chi connectivity index (χ3n) is 3.95. The molecule has 1 aromatic carbocycles. The monoisotopic (exact) mass is 310 g/mol. The molecule has 0 aliphatic carbocycles. The maximum Gasteiger partial charge on any atom is 0.204 e. The number of hydrogen-bond acceptors (Lipinski definition) is 4. The lowest BCUT2D eigenvalue weighted by Crippen LogP contribution is -2.52. The normalized spacial score (nSPS) is 32.7. The average molecular weight is 310 g/mol. The zero-order chi connectivity index (χ0) is 15.1. The Kier molecular flexibility index (Phi) is 3.39. The Bertz CT molecular complexity index is 711. The van der Waals surface area contributed by atoms with Crippen LogP contribution < -0.4 is 5.73 Å². The van der Waals surface area contributed by atoms with E-state index in [1.807, 2.05) is 0 Å². The number of hydrogen-bond donors (Lipinski definition) is 1. The highest BCUT2D eigenvalue weighted by Gasteiger charge is 2.41. The largest absolute Gasteiger partial charge is 0.369 e. The molecule has 21 heavy (non-hydrogen) atoms. The van der Waals surface area contributed by atoms with E-state index < -0.39 is 15.5 Å². The van der Waals surface area contributed by atoms with E-state index >= 15 is 0 Å². The average Bonchev–Trinajstić information content (AvgIpc) is 2.60. The summed E-state index contributed by atoms with van der Waals surface area (Å²) in [6.45, 7) is 2.91. The Labute approximate surface area is 124 Å². The Hall–Kier alpha value is -1.63. The second-order valence-corrected chi connectivity index (χ2v) is 7.84. The fraction of sp³-hybridized carbons (Fsp3) is 0.500. The van der Waals surface area contributed by atoms with Crippen molar-refractivity contribution in [2.45, 2.75) is 25.3 Å². The van der Waals surface area contributed by atoms with Crippen molar-refractivity contribution in [1.82, 2.24) is 4.31 Å². The predicted octanol–water partition coefficient (Wildman–Crippen LogP) is 1.85. The molecule has 2 atom stereocenters. The van der Waals surface area contributed by atoms with Crippen LogP contribution >= 0.6 is 0 Å². The maximum absolute atomic E-state index is 14.1. The summed E-state index contributed by atoms with van der Waals surface area (Å²) in [5.74, 6) is 0.00558. The molecule has 0 bridgehead atoms. The standard InChI is InChI=1S/C14H19FN4OS/c1-14(11-6-2-3-7-12(11)15)10-21(20)17-8-4-5-9-19(21)13(16)18-14/h2-3,6-7H,4-5,8-10H2,1H3,(H2,16,18). The molecule has 7 heteroatoms. The number of fused-ring (bicyclic) bond motifs is 1. The molecule has 0 fully saturated rings. The van der Waals surface area contributed by atoms with Crippen molar-refractivity contribution < 1.29 is 8.60 Å². The minimum absolute atomic E-state index is 0.168. The summed E-state index contributed by atoms with van der Waals surface area (Å²) in [5.41, 5.74) is 5.49. The maximum atomic E-state index is 14.1. The Morgan fingerprint density at radius 3 is 2.90 bits per heavy atom. The van der Waals surface area contributed by atoms with Gasteiger partial charge in [-0.15, -0.1) is 0 Å². The molecule has 2 aliphatic heterocycles. The first-order valence-electron chi connectivity index (χ1n) is 7.03. The summed E-state index contributed by atoms with van der Waals surface area (Å²) in [7, 11) is -2.65. The van der Waals surface area contributed by atoms with E-state index in [4.69, 9.17) is 5.73 Å². The number of benzene rings is 1. The summed E-state index contributed by atoms with van der Waals surface area (Å²) < 4.78 is 33.3. The van der Waals surface area contributed by atoms with Crippen molar-refractivity contribution in [1.29, 1.82) is 0 Å². The first kappa shape index (κ1) is 14.3. The van der Waals surface area contributed by atoms with E-state index in [-0.39, 0.29) is 17.5 Å². The molecule has 2 N–H and O–H groups in total. The van der Waals surface area contributed by atoms with Gasteiger partial charge in [0.25, 0.3) is 0 Å². The van der Waals surface area contributed by atoms with Gasteiger partial charge in [0.05, 0.1) is 12.3 Å². The van der Waals surface area contributed by atoms with Gasteiger partial charge in [-0.3, -0.25) is 4.31 Å². The second kappa shape index (κ2) is 4.98. The van der Waals surface area contributed by atoms with Crippen LogP contribution in [-0.4, -0.2) is 33.3 Å². The molecule has 114 valence electrons. The lowest BCUT2D eigenvalue weighted by Gasteiger charge is -2.38. The van der Waals surface area contributed by atoms with Crippen LogP contribution in [0.5, 0.6) is 0 Å². The zero-order valence-corrected chi connectivity index (χ0v) is 12.8. The smallest absolute Gasteiger partial charge is 0.204 e. The van der Waals surface area contributed by atoms with E-state index in [9.17, 15) is 8.60 Å². The third-order valence-corrected chi connectivity index (χ3v) is 6.53. The Morgan fingerprint density at radius 1 is 1.38 bits per heavy atom. The number of guanidine groups is 1. The summed E-state index contributed by atoms with van der Waals surface area (Å²) >= 11 is 0. The van der Waals surface area contributed by atoms with Crippen molar-refractivity contribution in [2.24, 2.45) is 15.1 Å². The molecule has 0 radical (unpaired) electrons. The highest BCUT2D eigenvalue weighted by atomic mass is 32.2. The van der Waals surface area contributed by atoms with Crippen molar-refractivity contribution in [3.05, 3.63) is 35.6 Å². The van der Waals surface area contributed by atoms with Gasteiger partial charge in [-0.1, -0.05) is 18.2 Å². The first-order chi connectivity index (χ1) is 9.95. The molecular formula is C14H19FN4OS. The zero-order valence-electron chi connectivity index (χ0n) is 12.0. The van der Waals surface area contributed by atoms with E-state index in [1.165, 1.54) is 6.07 Å².